The minimum atomic E-state index is -0.646. The maximum Gasteiger partial charge on any atom is 0.161 e. The zero-order valence-electron chi connectivity index (χ0n) is 7.57. The van der Waals surface area contributed by atoms with Crippen molar-refractivity contribution >= 4 is 11.6 Å². The van der Waals surface area contributed by atoms with E-state index in [1.807, 2.05) is 0 Å². The highest BCUT2D eigenvalue weighted by molar-refractivity contribution is 6.18. The number of fused-ring (bicyclic) bond motifs is 1. The number of aliphatic hydroxyl groups is 1. The second-order valence-corrected chi connectivity index (χ2v) is 3.38. The van der Waals surface area contributed by atoms with E-state index < -0.39 is 6.10 Å². The van der Waals surface area contributed by atoms with Gasteiger partial charge in [-0.05, 0) is 17.7 Å². The van der Waals surface area contributed by atoms with Crippen molar-refractivity contribution < 1.29 is 14.6 Å². The normalized spacial score (nSPS) is 16.4. The summed E-state index contributed by atoms with van der Waals surface area (Å²) in [7, 11) is 0. The first-order valence-electron chi connectivity index (χ1n) is 4.45. The highest BCUT2D eigenvalue weighted by atomic mass is 35.5. The van der Waals surface area contributed by atoms with Gasteiger partial charge in [0.1, 0.15) is 13.2 Å². The van der Waals surface area contributed by atoms with Crippen LogP contribution in [-0.2, 0) is 0 Å². The van der Waals surface area contributed by atoms with Crippen LogP contribution < -0.4 is 9.47 Å². The van der Waals surface area contributed by atoms with E-state index in [1.54, 1.807) is 18.2 Å². The van der Waals surface area contributed by atoms with Crippen molar-refractivity contribution in [3.63, 3.8) is 0 Å². The Labute approximate surface area is 87.2 Å². The van der Waals surface area contributed by atoms with Crippen LogP contribution in [0.5, 0.6) is 11.5 Å². The Bertz CT molecular complexity index is 327. The smallest absolute Gasteiger partial charge is 0.161 e. The maximum atomic E-state index is 9.50. The Kier molecular flexibility index (Phi) is 2.79. The first-order chi connectivity index (χ1) is 6.81. The summed E-state index contributed by atoms with van der Waals surface area (Å²) in [6.45, 7) is 1.12. The zero-order chi connectivity index (χ0) is 9.97. The van der Waals surface area contributed by atoms with Crippen molar-refractivity contribution in [2.45, 2.75) is 6.10 Å². The third kappa shape index (κ3) is 1.79. The van der Waals surface area contributed by atoms with E-state index in [4.69, 9.17) is 21.1 Å². The molecule has 76 valence electrons. The average molecular weight is 215 g/mol. The van der Waals surface area contributed by atoms with Crippen LogP contribution in [0.1, 0.15) is 11.7 Å². The van der Waals surface area contributed by atoms with Crippen LogP contribution in [0, 0.1) is 0 Å². The molecule has 0 amide bonds. The summed E-state index contributed by atoms with van der Waals surface area (Å²) >= 11 is 5.55. The summed E-state index contributed by atoms with van der Waals surface area (Å²) in [4.78, 5) is 0. The average Bonchev–Trinajstić information content (AvgIpc) is 2.27. The number of ether oxygens (including phenoxy) is 2. The van der Waals surface area contributed by atoms with E-state index in [0.717, 1.165) is 11.3 Å². The molecule has 2 rings (SSSR count). The molecule has 0 radical (unpaired) electrons. The van der Waals surface area contributed by atoms with Crippen LogP contribution in [0.4, 0.5) is 0 Å². The second-order valence-electron chi connectivity index (χ2n) is 3.07. The van der Waals surface area contributed by atoms with Crippen molar-refractivity contribution in [2.24, 2.45) is 0 Å². The van der Waals surface area contributed by atoms with Crippen molar-refractivity contribution in [1.82, 2.24) is 0 Å². The van der Waals surface area contributed by atoms with E-state index in [-0.39, 0.29) is 5.88 Å². The third-order valence-electron chi connectivity index (χ3n) is 2.10. The maximum absolute atomic E-state index is 9.50. The molecule has 0 spiro atoms. The Morgan fingerprint density at radius 2 is 2.00 bits per heavy atom. The zero-order valence-corrected chi connectivity index (χ0v) is 8.33. The molecule has 14 heavy (non-hydrogen) atoms. The van der Waals surface area contributed by atoms with Gasteiger partial charge >= 0.3 is 0 Å². The van der Waals surface area contributed by atoms with Gasteiger partial charge in [-0.25, -0.2) is 0 Å². The minimum absolute atomic E-state index is 0.180. The standard InChI is InChI=1S/C10H11ClO3/c11-6-8(12)7-1-2-9-10(5-7)14-4-3-13-9/h1-2,5,8,12H,3-4,6H2/t8-/m0/s1. The SMILES string of the molecule is O[C@@H](CCl)c1ccc2c(c1)OCCO2. The number of hydrogen-bond acceptors (Lipinski definition) is 3. The molecule has 3 nitrogen and oxygen atoms in total. The number of alkyl halides is 1. The van der Waals surface area contributed by atoms with Gasteiger partial charge in [0.05, 0.1) is 12.0 Å². The molecule has 0 saturated heterocycles. The lowest BCUT2D eigenvalue weighted by Crippen LogP contribution is -2.15. The summed E-state index contributed by atoms with van der Waals surface area (Å²) < 4.78 is 10.7. The number of benzene rings is 1. The van der Waals surface area contributed by atoms with Gasteiger partial charge in [-0.2, -0.15) is 0 Å². The molecular weight excluding hydrogens is 204 g/mol. The van der Waals surface area contributed by atoms with Gasteiger partial charge in [0, 0.05) is 0 Å². The van der Waals surface area contributed by atoms with Gasteiger partial charge in [0.15, 0.2) is 11.5 Å². The molecule has 0 aromatic heterocycles. The Balaban J connectivity index is 2.29. The Hall–Kier alpha value is -0.930. The minimum Gasteiger partial charge on any atom is -0.486 e. The quantitative estimate of drug-likeness (QED) is 0.763. The summed E-state index contributed by atoms with van der Waals surface area (Å²) in [6.07, 6.45) is -0.646. The van der Waals surface area contributed by atoms with Crippen molar-refractivity contribution in [3.05, 3.63) is 23.8 Å². The van der Waals surface area contributed by atoms with E-state index in [9.17, 15) is 5.11 Å². The van der Waals surface area contributed by atoms with Crippen LogP contribution in [-0.4, -0.2) is 24.2 Å². The molecule has 1 heterocycles. The largest absolute Gasteiger partial charge is 0.486 e. The molecule has 0 aliphatic carbocycles. The third-order valence-corrected chi connectivity index (χ3v) is 2.39. The fourth-order valence-corrected chi connectivity index (χ4v) is 1.53. The highest BCUT2D eigenvalue weighted by Crippen LogP contribution is 2.32. The number of halogens is 1. The number of aliphatic hydroxyl groups excluding tert-OH is 1. The van der Waals surface area contributed by atoms with Crippen LogP contribution in [0.2, 0.25) is 0 Å². The monoisotopic (exact) mass is 214 g/mol. The van der Waals surface area contributed by atoms with Crippen LogP contribution in [0.15, 0.2) is 18.2 Å². The molecule has 1 aliphatic heterocycles. The second kappa shape index (κ2) is 4.07. The molecular formula is C10H11ClO3. The lowest BCUT2D eigenvalue weighted by Gasteiger charge is -2.19. The van der Waals surface area contributed by atoms with Gasteiger partial charge in [-0.3, -0.25) is 0 Å². The van der Waals surface area contributed by atoms with Gasteiger partial charge in [-0.15, -0.1) is 11.6 Å². The Morgan fingerprint density at radius 3 is 2.71 bits per heavy atom. The molecule has 1 atom stereocenters. The Morgan fingerprint density at radius 1 is 1.29 bits per heavy atom. The molecule has 0 fully saturated rings. The molecule has 1 N–H and O–H groups in total. The van der Waals surface area contributed by atoms with Crippen molar-refractivity contribution in [3.8, 4) is 11.5 Å². The van der Waals surface area contributed by atoms with Crippen LogP contribution in [0.3, 0.4) is 0 Å². The topological polar surface area (TPSA) is 38.7 Å². The molecule has 0 bridgehead atoms. The van der Waals surface area contributed by atoms with Crippen molar-refractivity contribution in [2.75, 3.05) is 19.1 Å². The molecule has 1 aliphatic rings. The number of hydrogen-bond donors (Lipinski definition) is 1. The van der Waals surface area contributed by atoms with Gasteiger partial charge < -0.3 is 14.6 Å². The molecule has 0 saturated carbocycles. The summed E-state index contributed by atoms with van der Waals surface area (Å²) in [5.74, 6) is 1.58. The molecule has 4 heteroatoms. The first kappa shape index (κ1) is 9.62. The van der Waals surface area contributed by atoms with Gasteiger partial charge in [-0.1, -0.05) is 6.07 Å². The predicted molar refractivity (Wildman–Crippen MR) is 53.1 cm³/mol. The number of rotatable bonds is 2. The van der Waals surface area contributed by atoms with E-state index >= 15 is 0 Å². The summed E-state index contributed by atoms with van der Waals surface area (Å²) in [5, 5.41) is 9.50. The van der Waals surface area contributed by atoms with E-state index in [0.29, 0.717) is 19.0 Å². The summed E-state index contributed by atoms with van der Waals surface area (Å²) in [6, 6.07) is 5.35. The fourth-order valence-electron chi connectivity index (χ4n) is 1.36. The van der Waals surface area contributed by atoms with Crippen LogP contribution in [0.25, 0.3) is 0 Å². The van der Waals surface area contributed by atoms with Gasteiger partial charge in [0.2, 0.25) is 0 Å². The predicted octanol–water partition coefficient (Wildman–Crippen LogP) is 1.73. The molecule has 1 aromatic carbocycles. The lowest BCUT2D eigenvalue weighted by molar-refractivity contribution is 0.168. The lowest BCUT2D eigenvalue weighted by atomic mass is 10.1. The van der Waals surface area contributed by atoms with Crippen LogP contribution >= 0.6 is 11.6 Å². The van der Waals surface area contributed by atoms with E-state index in [1.165, 1.54) is 0 Å². The van der Waals surface area contributed by atoms with Gasteiger partial charge in [0.25, 0.3) is 0 Å². The van der Waals surface area contributed by atoms with Crippen molar-refractivity contribution in [1.29, 1.82) is 0 Å². The molecule has 1 aromatic rings. The first-order valence-corrected chi connectivity index (χ1v) is 4.98. The van der Waals surface area contributed by atoms with E-state index in [2.05, 4.69) is 0 Å². The fraction of sp³-hybridized carbons (Fsp3) is 0.400. The summed E-state index contributed by atoms with van der Waals surface area (Å²) in [5.41, 5.74) is 0.754. The highest BCUT2D eigenvalue weighted by Gasteiger charge is 2.14. The molecule has 0 unspecified atom stereocenters.